The lowest BCUT2D eigenvalue weighted by Crippen LogP contribution is -2.47. The molecule has 3 atom stereocenters. The largest absolute Gasteiger partial charge is 0.379 e. The van der Waals surface area contributed by atoms with Crippen molar-refractivity contribution in [3.05, 3.63) is 0 Å². The molecule has 0 bridgehead atoms. The zero-order chi connectivity index (χ0) is 13.1. The van der Waals surface area contributed by atoms with Gasteiger partial charge in [-0.05, 0) is 57.3 Å². The second-order valence-corrected chi connectivity index (χ2v) is 6.62. The topological polar surface area (TPSA) is 47.3 Å². The Morgan fingerprint density at radius 2 is 1.76 bits per heavy atom. The first-order valence-corrected chi connectivity index (χ1v) is 6.89. The van der Waals surface area contributed by atoms with Crippen LogP contribution in [0.2, 0.25) is 0 Å². The fraction of sp³-hybridized carbons (Fsp3) is 1.00. The molecule has 0 aromatic heterocycles. The Morgan fingerprint density at radius 3 is 2.18 bits per heavy atom. The molecule has 0 amide bonds. The molecule has 3 N–H and O–H groups in total. The number of ether oxygens (including phenoxy) is 1. The second-order valence-electron chi connectivity index (χ2n) is 6.62. The van der Waals surface area contributed by atoms with Gasteiger partial charge >= 0.3 is 0 Å². The minimum Gasteiger partial charge on any atom is -0.379 e. The van der Waals surface area contributed by atoms with Gasteiger partial charge < -0.3 is 4.74 Å². The molecule has 3 heteroatoms. The number of nitrogens with two attached hydrogens (primary N) is 1. The molecular formula is C14H30N2O. The maximum atomic E-state index is 5.75. The highest BCUT2D eigenvalue weighted by atomic mass is 16.5. The first kappa shape index (κ1) is 14.9. The second kappa shape index (κ2) is 6.17. The predicted octanol–water partition coefficient (Wildman–Crippen LogP) is 2.71. The summed E-state index contributed by atoms with van der Waals surface area (Å²) in [6.07, 6.45) is 4.92. The maximum Gasteiger partial charge on any atom is 0.0638 e. The van der Waals surface area contributed by atoms with E-state index in [1.54, 1.807) is 7.11 Å². The third-order valence-corrected chi connectivity index (χ3v) is 4.26. The molecule has 1 fully saturated rings. The Labute approximate surface area is 106 Å². The molecule has 1 saturated carbocycles. The average Bonchev–Trinajstić information content (AvgIpc) is 2.24. The molecule has 102 valence electrons. The summed E-state index contributed by atoms with van der Waals surface area (Å²) in [6, 6.07) is 0.371. The number of hydrogen-bond acceptors (Lipinski definition) is 3. The van der Waals surface area contributed by atoms with Gasteiger partial charge in [-0.1, -0.05) is 13.8 Å². The summed E-state index contributed by atoms with van der Waals surface area (Å²) in [5, 5.41) is 0. The number of nitrogens with one attached hydrogen (secondary N) is 1. The quantitative estimate of drug-likeness (QED) is 0.575. The summed E-state index contributed by atoms with van der Waals surface area (Å²) in [5.41, 5.74) is 2.93. The van der Waals surface area contributed by atoms with E-state index in [9.17, 15) is 0 Å². The van der Waals surface area contributed by atoms with E-state index in [0.29, 0.717) is 12.0 Å². The minimum atomic E-state index is -0.0963. The zero-order valence-corrected chi connectivity index (χ0v) is 12.1. The van der Waals surface area contributed by atoms with Crippen LogP contribution in [0, 0.1) is 17.8 Å². The third-order valence-electron chi connectivity index (χ3n) is 4.26. The molecule has 1 rings (SSSR count). The predicted molar refractivity (Wildman–Crippen MR) is 72.5 cm³/mol. The van der Waals surface area contributed by atoms with Crippen LogP contribution in [0.3, 0.4) is 0 Å². The van der Waals surface area contributed by atoms with Crippen LogP contribution in [0.5, 0.6) is 0 Å². The summed E-state index contributed by atoms with van der Waals surface area (Å²) in [5.74, 6) is 8.09. The van der Waals surface area contributed by atoms with Crippen molar-refractivity contribution in [3.8, 4) is 0 Å². The fourth-order valence-electron chi connectivity index (χ4n) is 3.31. The first-order valence-electron chi connectivity index (χ1n) is 6.89. The molecule has 0 aliphatic heterocycles. The van der Waals surface area contributed by atoms with E-state index in [-0.39, 0.29) is 5.60 Å². The number of methoxy groups -OCH3 is 1. The Hall–Kier alpha value is -0.120. The van der Waals surface area contributed by atoms with Gasteiger partial charge in [-0.2, -0.15) is 0 Å². The molecule has 1 aliphatic rings. The SMILES string of the molecule is COC(C)(C)CC(NN)C1CC(C)CC(C)C1. The van der Waals surface area contributed by atoms with Gasteiger partial charge in [0.25, 0.3) is 0 Å². The van der Waals surface area contributed by atoms with Crippen molar-refractivity contribution in [2.24, 2.45) is 23.6 Å². The Balaban J connectivity index is 2.60. The lowest BCUT2D eigenvalue weighted by atomic mass is 9.72. The molecule has 0 heterocycles. The van der Waals surface area contributed by atoms with Crippen LogP contribution in [0.25, 0.3) is 0 Å². The maximum absolute atomic E-state index is 5.75. The molecule has 3 nitrogen and oxygen atoms in total. The van der Waals surface area contributed by atoms with Crippen LogP contribution in [-0.4, -0.2) is 18.8 Å². The normalized spacial score (nSPS) is 32.5. The molecule has 0 aromatic rings. The molecule has 0 radical (unpaired) electrons. The summed E-state index contributed by atoms with van der Waals surface area (Å²) in [6.45, 7) is 8.98. The van der Waals surface area contributed by atoms with Crippen LogP contribution in [0.1, 0.15) is 53.4 Å². The van der Waals surface area contributed by atoms with Gasteiger partial charge in [0.05, 0.1) is 5.60 Å². The van der Waals surface area contributed by atoms with E-state index >= 15 is 0 Å². The van der Waals surface area contributed by atoms with E-state index in [0.717, 1.165) is 18.3 Å². The zero-order valence-electron chi connectivity index (χ0n) is 12.1. The van der Waals surface area contributed by atoms with Crippen molar-refractivity contribution in [1.82, 2.24) is 5.43 Å². The van der Waals surface area contributed by atoms with Gasteiger partial charge in [-0.3, -0.25) is 11.3 Å². The van der Waals surface area contributed by atoms with Crippen LogP contribution >= 0.6 is 0 Å². The summed E-state index contributed by atoms with van der Waals surface area (Å²) >= 11 is 0. The van der Waals surface area contributed by atoms with Gasteiger partial charge in [-0.15, -0.1) is 0 Å². The van der Waals surface area contributed by atoms with Crippen molar-refractivity contribution in [3.63, 3.8) is 0 Å². The Kier molecular flexibility index (Phi) is 5.42. The summed E-state index contributed by atoms with van der Waals surface area (Å²) in [7, 11) is 1.78. The van der Waals surface area contributed by atoms with Crippen LogP contribution in [-0.2, 0) is 4.74 Å². The van der Waals surface area contributed by atoms with Crippen LogP contribution in [0.15, 0.2) is 0 Å². The smallest absolute Gasteiger partial charge is 0.0638 e. The van der Waals surface area contributed by atoms with Gasteiger partial charge in [-0.25, -0.2) is 0 Å². The lowest BCUT2D eigenvalue weighted by Gasteiger charge is -2.39. The van der Waals surface area contributed by atoms with Crippen LogP contribution < -0.4 is 11.3 Å². The average molecular weight is 242 g/mol. The Bertz CT molecular complexity index is 220. The number of hydrogen-bond donors (Lipinski definition) is 2. The molecule has 1 aliphatic carbocycles. The number of hydrazine groups is 1. The van der Waals surface area contributed by atoms with Gasteiger partial charge in [0.2, 0.25) is 0 Å². The van der Waals surface area contributed by atoms with Crippen molar-refractivity contribution < 1.29 is 4.74 Å². The fourth-order valence-corrected chi connectivity index (χ4v) is 3.31. The van der Waals surface area contributed by atoms with Crippen LogP contribution in [0.4, 0.5) is 0 Å². The molecular weight excluding hydrogens is 212 g/mol. The summed E-state index contributed by atoms with van der Waals surface area (Å²) in [4.78, 5) is 0. The Morgan fingerprint density at radius 1 is 1.24 bits per heavy atom. The van der Waals surface area contributed by atoms with Gasteiger partial charge in [0.1, 0.15) is 0 Å². The van der Waals surface area contributed by atoms with E-state index in [1.165, 1.54) is 19.3 Å². The third kappa shape index (κ3) is 4.57. The van der Waals surface area contributed by atoms with E-state index in [4.69, 9.17) is 10.6 Å². The van der Waals surface area contributed by atoms with E-state index in [2.05, 4.69) is 33.1 Å². The molecule has 0 spiro atoms. The van der Waals surface area contributed by atoms with Crippen molar-refractivity contribution >= 4 is 0 Å². The first-order chi connectivity index (χ1) is 7.88. The molecule has 0 aromatic carbocycles. The molecule has 3 unspecified atom stereocenters. The highest BCUT2D eigenvalue weighted by Crippen LogP contribution is 2.36. The monoisotopic (exact) mass is 242 g/mol. The molecule has 0 saturated heterocycles. The van der Waals surface area contributed by atoms with Crippen molar-refractivity contribution in [2.75, 3.05) is 7.11 Å². The summed E-state index contributed by atoms with van der Waals surface area (Å²) < 4.78 is 5.52. The highest BCUT2D eigenvalue weighted by Gasteiger charge is 2.33. The minimum absolute atomic E-state index is 0.0963. The lowest BCUT2D eigenvalue weighted by molar-refractivity contribution is -0.00355. The highest BCUT2D eigenvalue weighted by molar-refractivity contribution is 4.87. The van der Waals surface area contributed by atoms with Crippen molar-refractivity contribution in [2.45, 2.75) is 65.0 Å². The standard InChI is InChI=1S/C14H30N2O/c1-10-6-11(2)8-12(7-10)13(16-15)9-14(3,4)17-5/h10-13,16H,6-9,15H2,1-5H3. The molecule has 17 heavy (non-hydrogen) atoms. The number of rotatable bonds is 5. The van der Waals surface area contributed by atoms with Crippen molar-refractivity contribution in [1.29, 1.82) is 0 Å². The van der Waals surface area contributed by atoms with Gasteiger partial charge in [0, 0.05) is 13.2 Å². The van der Waals surface area contributed by atoms with E-state index < -0.39 is 0 Å². The van der Waals surface area contributed by atoms with Gasteiger partial charge in [0.15, 0.2) is 0 Å². The van der Waals surface area contributed by atoms with E-state index in [1.807, 2.05) is 0 Å².